The lowest BCUT2D eigenvalue weighted by Crippen LogP contribution is -2.22. The van der Waals surface area contributed by atoms with Crippen LogP contribution in [0.25, 0.3) is 0 Å². The second kappa shape index (κ2) is 6.62. The number of anilines is 1. The van der Waals surface area contributed by atoms with Gasteiger partial charge in [-0.1, -0.05) is 12.1 Å². The summed E-state index contributed by atoms with van der Waals surface area (Å²) in [6.45, 7) is 3.01. The second-order valence-electron chi connectivity index (χ2n) is 4.67. The molecule has 0 aliphatic carbocycles. The summed E-state index contributed by atoms with van der Waals surface area (Å²) in [6, 6.07) is 8.10. The molecule has 17 heavy (non-hydrogen) atoms. The summed E-state index contributed by atoms with van der Waals surface area (Å²) in [6.07, 6.45) is 5.13. The Balaban J connectivity index is 1.56. The highest BCUT2D eigenvalue weighted by Gasteiger charge is 2.14. The summed E-state index contributed by atoms with van der Waals surface area (Å²) in [4.78, 5) is 0. The molecule has 0 radical (unpaired) electrons. The number of ether oxygens (including phenoxy) is 1. The van der Waals surface area contributed by atoms with E-state index in [4.69, 9.17) is 10.5 Å². The van der Waals surface area contributed by atoms with Crippen molar-refractivity contribution in [2.75, 3.05) is 25.4 Å². The number of hydrogen-bond donors (Lipinski definition) is 2. The topological polar surface area (TPSA) is 47.3 Å². The minimum atomic E-state index is 0.495. The van der Waals surface area contributed by atoms with Gasteiger partial charge in [-0.3, -0.25) is 0 Å². The Labute approximate surface area is 103 Å². The summed E-state index contributed by atoms with van der Waals surface area (Å²) in [5, 5.41) is 3.46. The summed E-state index contributed by atoms with van der Waals surface area (Å²) >= 11 is 0. The Morgan fingerprint density at radius 1 is 1.35 bits per heavy atom. The second-order valence-corrected chi connectivity index (χ2v) is 4.67. The summed E-state index contributed by atoms with van der Waals surface area (Å²) in [7, 11) is 0. The van der Waals surface area contributed by atoms with Crippen molar-refractivity contribution in [3.05, 3.63) is 29.8 Å². The van der Waals surface area contributed by atoms with E-state index in [9.17, 15) is 0 Å². The van der Waals surface area contributed by atoms with E-state index in [0.717, 1.165) is 38.2 Å². The Bertz CT molecular complexity index is 335. The lowest BCUT2D eigenvalue weighted by molar-refractivity contribution is 0.104. The van der Waals surface area contributed by atoms with E-state index >= 15 is 0 Å². The minimum absolute atomic E-state index is 0.495. The number of nitrogen functional groups attached to an aromatic ring is 1. The number of rotatable bonds is 6. The van der Waals surface area contributed by atoms with Crippen molar-refractivity contribution < 1.29 is 4.74 Å². The molecule has 1 fully saturated rings. The molecule has 1 heterocycles. The lowest BCUT2D eigenvalue weighted by atomic mass is 10.1. The molecule has 0 bridgehead atoms. The average Bonchev–Trinajstić information content (AvgIpc) is 2.82. The van der Waals surface area contributed by atoms with Crippen LogP contribution in [0.2, 0.25) is 0 Å². The quantitative estimate of drug-likeness (QED) is 0.584. The van der Waals surface area contributed by atoms with Gasteiger partial charge in [0.25, 0.3) is 0 Å². The van der Waals surface area contributed by atoms with Crippen molar-refractivity contribution in [1.82, 2.24) is 5.32 Å². The van der Waals surface area contributed by atoms with Gasteiger partial charge in [-0.15, -0.1) is 0 Å². The number of nitrogens with two attached hydrogens (primary N) is 1. The lowest BCUT2D eigenvalue weighted by Gasteiger charge is -2.10. The van der Waals surface area contributed by atoms with Crippen molar-refractivity contribution in [2.45, 2.75) is 31.8 Å². The van der Waals surface area contributed by atoms with Gasteiger partial charge in [0.2, 0.25) is 0 Å². The van der Waals surface area contributed by atoms with Gasteiger partial charge in [0.05, 0.1) is 6.10 Å². The molecule has 1 aromatic rings. The van der Waals surface area contributed by atoms with Crippen LogP contribution < -0.4 is 11.1 Å². The molecule has 1 atom stereocenters. The SMILES string of the molecule is Nc1cccc(CCNCCC2CCCO2)c1. The third kappa shape index (κ3) is 4.36. The van der Waals surface area contributed by atoms with Crippen LogP contribution in [0, 0.1) is 0 Å². The normalized spacial score (nSPS) is 19.6. The van der Waals surface area contributed by atoms with Gasteiger partial charge < -0.3 is 15.8 Å². The Morgan fingerprint density at radius 2 is 2.29 bits per heavy atom. The Kier molecular flexibility index (Phi) is 4.83. The van der Waals surface area contributed by atoms with Crippen LogP contribution in [0.15, 0.2) is 24.3 Å². The molecular formula is C14H22N2O. The van der Waals surface area contributed by atoms with Gasteiger partial charge in [-0.25, -0.2) is 0 Å². The van der Waals surface area contributed by atoms with Gasteiger partial charge in [0, 0.05) is 12.3 Å². The molecule has 3 heteroatoms. The molecule has 0 aromatic heterocycles. The molecule has 1 aliphatic rings. The maximum atomic E-state index is 5.73. The molecule has 3 nitrogen and oxygen atoms in total. The molecule has 1 saturated heterocycles. The average molecular weight is 234 g/mol. The van der Waals surface area contributed by atoms with Gasteiger partial charge in [-0.05, 0) is 56.5 Å². The monoisotopic (exact) mass is 234 g/mol. The van der Waals surface area contributed by atoms with Crippen LogP contribution in [0.3, 0.4) is 0 Å². The number of benzene rings is 1. The predicted octanol–water partition coefficient (Wildman–Crippen LogP) is 1.97. The van der Waals surface area contributed by atoms with E-state index in [-0.39, 0.29) is 0 Å². The zero-order valence-electron chi connectivity index (χ0n) is 10.3. The van der Waals surface area contributed by atoms with Crippen molar-refractivity contribution in [1.29, 1.82) is 0 Å². The van der Waals surface area contributed by atoms with Crippen LogP contribution in [-0.4, -0.2) is 25.8 Å². The first-order valence-corrected chi connectivity index (χ1v) is 6.51. The van der Waals surface area contributed by atoms with Crippen molar-refractivity contribution in [2.24, 2.45) is 0 Å². The molecule has 0 amide bonds. The van der Waals surface area contributed by atoms with Crippen molar-refractivity contribution in [3.8, 4) is 0 Å². The highest BCUT2D eigenvalue weighted by molar-refractivity contribution is 5.40. The zero-order chi connectivity index (χ0) is 11.9. The fraction of sp³-hybridized carbons (Fsp3) is 0.571. The first-order chi connectivity index (χ1) is 8.34. The standard InChI is InChI=1S/C14H22N2O/c15-13-4-1-3-12(11-13)6-8-16-9-7-14-5-2-10-17-14/h1,3-4,11,14,16H,2,5-10,15H2. The smallest absolute Gasteiger partial charge is 0.0588 e. The van der Waals surface area contributed by atoms with Gasteiger partial charge >= 0.3 is 0 Å². The molecule has 0 saturated carbocycles. The van der Waals surface area contributed by atoms with E-state index in [1.807, 2.05) is 18.2 Å². The number of nitrogens with one attached hydrogen (secondary N) is 1. The van der Waals surface area contributed by atoms with Gasteiger partial charge in [-0.2, -0.15) is 0 Å². The molecule has 1 aromatic carbocycles. The van der Waals surface area contributed by atoms with E-state index in [1.165, 1.54) is 18.4 Å². The van der Waals surface area contributed by atoms with E-state index in [1.54, 1.807) is 0 Å². The first kappa shape index (κ1) is 12.4. The molecular weight excluding hydrogens is 212 g/mol. The summed E-state index contributed by atoms with van der Waals surface area (Å²) in [5.74, 6) is 0. The summed E-state index contributed by atoms with van der Waals surface area (Å²) in [5.41, 5.74) is 7.88. The highest BCUT2D eigenvalue weighted by Crippen LogP contribution is 2.14. The van der Waals surface area contributed by atoms with Crippen LogP contribution in [-0.2, 0) is 11.2 Å². The molecule has 0 spiro atoms. The largest absolute Gasteiger partial charge is 0.399 e. The van der Waals surface area contributed by atoms with Crippen molar-refractivity contribution in [3.63, 3.8) is 0 Å². The molecule has 2 rings (SSSR count). The third-order valence-corrected chi connectivity index (χ3v) is 3.21. The molecule has 1 unspecified atom stereocenters. The van der Waals surface area contributed by atoms with Crippen LogP contribution in [0.1, 0.15) is 24.8 Å². The van der Waals surface area contributed by atoms with Crippen LogP contribution in [0.5, 0.6) is 0 Å². The fourth-order valence-electron chi connectivity index (χ4n) is 2.24. The Morgan fingerprint density at radius 3 is 3.06 bits per heavy atom. The Hall–Kier alpha value is -1.06. The van der Waals surface area contributed by atoms with E-state index < -0.39 is 0 Å². The molecule has 1 aliphatic heterocycles. The van der Waals surface area contributed by atoms with Gasteiger partial charge in [0.1, 0.15) is 0 Å². The maximum Gasteiger partial charge on any atom is 0.0588 e. The van der Waals surface area contributed by atoms with Crippen molar-refractivity contribution >= 4 is 5.69 Å². The highest BCUT2D eigenvalue weighted by atomic mass is 16.5. The predicted molar refractivity (Wildman–Crippen MR) is 71.0 cm³/mol. The molecule has 3 N–H and O–H groups in total. The maximum absolute atomic E-state index is 5.73. The van der Waals surface area contributed by atoms with E-state index in [2.05, 4.69) is 11.4 Å². The summed E-state index contributed by atoms with van der Waals surface area (Å²) < 4.78 is 5.58. The van der Waals surface area contributed by atoms with E-state index in [0.29, 0.717) is 6.10 Å². The van der Waals surface area contributed by atoms with Crippen LogP contribution in [0.4, 0.5) is 5.69 Å². The fourth-order valence-corrected chi connectivity index (χ4v) is 2.24. The third-order valence-electron chi connectivity index (χ3n) is 3.21. The zero-order valence-corrected chi connectivity index (χ0v) is 10.3. The van der Waals surface area contributed by atoms with Crippen LogP contribution >= 0.6 is 0 Å². The molecule has 94 valence electrons. The minimum Gasteiger partial charge on any atom is -0.399 e. The van der Waals surface area contributed by atoms with Gasteiger partial charge in [0.15, 0.2) is 0 Å². The first-order valence-electron chi connectivity index (χ1n) is 6.51. The number of hydrogen-bond acceptors (Lipinski definition) is 3.